The first-order chi connectivity index (χ1) is 16.0. The normalized spacial score (nSPS) is 21.1. The highest BCUT2D eigenvalue weighted by Crippen LogP contribution is 2.37. The van der Waals surface area contributed by atoms with E-state index < -0.39 is 32.6 Å². The number of hydrogen-bond donors (Lipinski definition) is 2. The molecule has 0 aliphatic carbocycles. The first-order valence-electron chi connectivity index (χ1n) is 10.4. The second kappa shape index (κ2) is 10.2. The van der Waals surface area contributed by atoms with Gasteiger partial charge in [0.1, 0.15) is 17.2 Å². The Hall–Kier alpha value is -2.83. The second-order valence-electron chi connectivity index (χ2n) is 7.84. The Kier molecular flexibility index (Phi) is 7.74. The molecule has 2 atom stereocenters. The summed E-state index contributed by atoms with van der Waals surface area (Å²) in [5, 5.41) is 3.20. The molecule has 8 nitrogen and oxygen atoms in total. The van der Waals surface area contributed by atoms with Crippen molar-refractivity contribution in [2.24, 2.45) is 5.73 Å². The molecule has 0 radical (unpaired) electrons. The fraction of sp³-hybridized carbons (Fsp3) is 0.409. The Morgan fingerprint density at radius 1 is 1.09 bits per heavy atom. The van der Waals surface area contributed by atoms with E-state index in [4.69, 9.17) is 15.2 Å². The van der Waals surface area contributed by atoms with E-state index in [9.17, 15) is 26.4 Å². The van der Waals surface area contributed by atoms with Crippen molar-refractivity contribution in [3.8, 4) is 17.2 Å². The van der Waals surface area contributed by atoms with Crippen molar-refractivity contribution in [3.63, 3.8) is 0 Å². The number of sulfone groups is 1. The van der Waals surface area contributed by atoms with E-state index in [1.54, 1.807) is 0 Å². The Balaban J connectivity index is 1.77. The van der Waals surface area contributed by atoms with Crippen LogP contribution in [0.15, 0.2) is 53.4 Å². The zero-order valence-corrected chi connectivity index (χ0v) is 19.1. The molecule has 12 heteroatoms. The number of piperidine rings is 1. The zero-order valence-electron chi connectivity index (χ0n) is 18.3. The van der Waals surface area contributed by atoms with Crippen LogP contribution in [-0.2, 0) is 19.4 Å². The van der Waals surface area contributed by atoms with Gasteiger partial charge < -0.3 is 25.3 Å². The summed E-state index contributed by atoms with van der Waals surface area (Å²) in [6.45, 7) is 0.716. The van der Waals surface area contributed by atoms with Crippen molar-refractivity contribution >= 4 is 15.7 Å². The maximum Gasteiger partial charge on any atom is 0.573 e. The number of nitrogens with two attached hydrogens (primary N) is 1. The third-order valence-corrected chi connectivity index (χ3v) is 8.09. The minimum absolute atomic E-state index is 0.0264. The third kappa shape index (κ3) is 5.80. The maximum absolute atomic E-state index is 13.5. The lowest BCUT2D eigenvalue weighted by atomic mass is 9.89. The average molecular weight is 503 g/mol. The van der Waals surface area contributed by atoms with Gasteiger partial charge in [0.2, 0.25) is 5.91 Å². The molecular weight excluding hydrogens is 477 g/mol. The summed E-state index contributed by atoms with van der Waals surface area (Å²) in [6.07, 6.45) is -4.21. The molecule has 1 amide bonds. The highest BCUT2D eigenvalue weighted by molar-refractivity contribution is 7.93. The molecule has 0 saturated carbocycles. The summed E-state index contributed by atoms with van der Waals surface area (Å²) in [6, 6.07) is 9.90. The molecule has 0 aromatic heterocycles. The van der Waals surface area contributed by atoms with Gasteiger partial charge in [-0.15, -0.1) is 13.2 Å². The number of benzene rings is 2. The van der Waals surface area contributed by atoms with Crippen LogP contribution < -0.4 is 20.5 Å². The summed E-state index contributed by atoms with van der Waals surface area (Å²) in [7, 11) is -2.59. The molecule has 3 rings (SSSR count). The molecule has 1 aliphatic heterocycles. The molecule has 1 saturated heterocycles. The van der Waals surface area contributed by atoms with E-state index in [2.05, 4.69) is 10.1 Å². The van der Waals surface area contributed by atoms with Gasteiger partial charge in [-0.2, -0.15) is 0 Å². The highest BCUT2D eigenvalue weighted by atomic mass is 32.2. The number of methoxy groups -OCH3 is 1. The van der Waals surface area contributed by atoms with Gasteiger partial charge in [0.05, 0.1) is 4.90 Å². The van der Waals surface area contributed by atoms with Crippen molar-refractivity contribution in [1.29, 1.82) is 0 Å². The topological polar surface area (TPSA) is 117 Å². The summed E-state index contributed by atoms with van der Waals surface area (Å²) in [5.74, 6) is -0.834. The van der Waals surface area contributed by atoms with Gasteiger partial charge in [0.25, 0.3) is 0 Å². The highest BCUT2D eigenvalue weighted by Gasteiger charge is 2.52. The molecule has 1 fully saturated rings. The summed E-state index contributed by atoms with van der Waals surface area (Å²) in [5.41, 5.74) is 5.62. The molecule has 3 N–H and O–H groups in total. The number of rotatable bonds is 9. The minimum Gasteiger partial charge on any atom is -0.457 e. The molecule has 1 heterocycles. The lowest BCUT2D eigenvalue weighted by Crippen LogP contribution is -2.59. The Labute approximate surface area is 195 Å². The number of alkyl halides is 3. The Bertz CT molecular complexity index is 1090. The SMILES string of the molecule is COCCC1CC(C(N)=O)(S(=O)(=O)c2ccc(Oc3ccc(OC(F)(F)F)cc3)cc2)CCN1. The van der Waals surface area contributed by atoms with Crippen LogP contribution in [-0.4, -0.2) is 51.7 Å². The monoisotopic (exact) mass is 502 g/mol. The van der Waals surface area contributed by atoms with Gasteiger partial charge in [-0.25, -0.2) is 8.42 Å². The number of ether oxygens (including phenoxy) is 3. The molecule has 2 aromatic carbocycles. The number of carbonyl (C=O) groups excluding carboxylic acids is 1. The number of carbonyl (C=O) groups is 1. The number of primary amides is 1. The largest absolute Gasteiger partial charge is 0.573 e. The van der Waals surface area contributed by atoms with Crippen LogP contribution in [0.5, 0.6) is 17.2 Å². The van der Waals surface area contributed by atoms with E-state index in [0.29, 0.717) is 19.6 Å². The maximum atomic E-state index is 13.5. The first kappa shape index (κ1) is 25.8. The second-order valence-corrected chi connectivity index (χ2v) is 10.1. The lowest BCUT2D eigenvalue weighted by Gasteiger charge is -2.38. The van der Waals surface area contributed by atoms with Crippen molar-refractivity contribution in [2.75, 3.05) is 20.3 Å². The van der Waals surface area contributed by atoms with E-state index in [1.165, 1.54) is 43.5 Å². The fourth-order valence-electron chi connectivity index (χ4n) is 3.87. The van der Waals surface area contributed by atoms with Crippen LogP contribution in [0.1, 0.15) is 19.3 Å². The molecule has 2 aromatic rings. The lowest BCUT2D eigenvalue weighted by molar-refractivity contribution is -0.274. The van der Waals surface area contributed by atoms with Crippen LogP contribution in [0.4, 0.5) is 13.2 Å². The first-order valence-corrected chi connectivity index (χ1v) is 11.9. The fourth-order valence-corrected chi connectivity index (χ4v) is 5.87. The molecular formula is C22H25F3N2O6S. The van der Waals surface area contributed by atoms with Crippen LogP contribution >= 0.6 is 0 Å². The van der Waals surface area contributed by atoms with E-state index in [0.717, 1.165) is 12.1 Å². The van der Waals surface area contributed by atoms with Gasteiger partial charge in [-0.1, -0.05) is 0 Å². The average Bonchev–Trinajstić information content (AvgIpc) is 2.78. The standard InChI is InChI=1S/C22H25F3N2O6S/c1-31-13-10-15-14-21(20(26)28,11-12-27-15)34(29,30)19-8-6-17(7-9-19)32-16-2-4-18(5-3-16)33-22(23,24)25/h2-9,15,27H,10-14H2,1H3,(H2,26,28). The third-order valence-electron chi connectivity index (χ3n) is 5.60. The molecule has 2 unspecified atom stereocenters. The Morgan fingerprint density at radius 3 is 2.18 bits per heavy atom. The summed E-state index contributed by atoms with van der Waals surface area (Å²) < 4.78 is 76.4. The van der Waals surface area contributed by atoms with E-state index >= 15 is 0 Å². The van der Waals surface area contributed by atoms with Gasteiger partial charge >= 0.3 is 6.36 Å². The number of nitrogens with one attached hydrogen (secondary N) is 1. The van der Waals surface area contributed by atoms with Crippen molar-refractivity contribution in [3.05, 3.63) is 48.5 Å². The predicted octanol–water partition coefficient (Wildman–Crippen LogP) is 3.16. The number of halogens is 3. The summed E-state index contributed by atoms with van der Waals surface area (Å²) >= 11 is 0. The molecule has 186 valence electrons. The smallest absolute Gasteiger partial charge is 0.457 e. The van der Waals surface area contributed by atoms with Crippen LogP contribution in [0.25, 0.3) is 0 Å². The molecule has 0 bridgehead atoms. The van der Waals surface area contributed by atoms with E-state index in [1.807, 2.05) is 0 Å². The molecule has 1 aliphatic rings. The van der Waals surface area contributed by atoms with Gasteiger partial charge in [-0.05, 0) is 74.3 Å². The van der Waals surface area contributed by atoms with Gasteiger partial charge in [-0.3, -0.25) is 4.79 Å². The van der Waals surface area contributed by atoms with Crippen LogP contribution in [0.2, 0.25) is 0 Å². The number of hydrogen-bond acceptors (Lipinski definition) is 7. The van der Waals surface area contributed by atoms with E-state index in [-0.39, 0.29) is 35.3 Å². The quantitative estimate of drug-likeness (QED) is 0.541. The van der Waals surface area contributed by atoms with Gasteiger partial charge in [0, 0.05) is 19.8 Å². The zero-order chi connectivity index (χ0) is 25.0. The van der Waals surface area contributed by atoms with Crippen molar-refractivity contribution in [2.45, 2.75) is 41.3 Å². The van der Waals surface area contributed by atoms with Gasteiger partial charge in [0.15, 0.2) is 14.6 Å². The number of amides is 1. The predicted molar refractivity (Wildman–Crippen MR) is 116 cm³/mol. The van der Waals surface area contributed by atoms with Crippen LogP contribution in [0.3, 0.4) is 0 Å². The summed E-state index contributed by atoms with van der Waals surface area (Å²) in [4.78, 5) is 12.3. The Morgan fingerprint density at radius 2 is 1.65 bits per heavy atom. The van der Waals surface area contributed by atoms with Crippen molar-refractivity contribution < 1.29 is 40.6 Å². The van der Waals surface area contributed by atoms with Crippen LogP contribution in [0, 0.1) is 0 Å². The molecule has 0 spiro atoms. The minimum atomic E-state index is -4.80. The molecule has 34 heavy (non-hydrogen) atoms. The van der Waals surface area contributed by atoms with Crippen molar-refractivity contribution in [1.82, 2.24) is 5.32 Å².